The number of hydrogen-bond acceptors (Lipinski definition) is 3. The van der Waals surface area contributed by atoms with Crippen molar-refractivity contribution < 1.29 is 14.3 Å². The van der Waals surface area contributed by atoms with Gasteiger partial charge in [-0.2, -0.15) is 0 Å². The Kier molecular flexibility index (Phi) is 5.50. The van der Waals surface area contributed by atoms with Crippen LogP contribution in [0.3, 0.4) is 0 Å². The average molecular weight is 334 g/mol. The van der Waals surface area contributed by atoms with Crippen molar-refractivity contribution in [3.63, 3.8) is 0 Å². The van der Waals surface area contributed by atoms with Crippen LogP contribution in [0, 0.1) is 0 Å². The molecule has 0 aliphatic rings. The molecule has 122 valence electrons. The highest BCUT2D eigenvalue weighted by molar-refractivity contribution is 6.30. The number of halogens is 1. The number of hydrogen-bond donors (Lipinski definition) is 1. The second-order valence-electron chi connectivity index (χ2n) is 5.45. The zero-order valence-corrected chi connectivity index (χ0v) is 14.2. The largest absolute Gasteiger partial charge is 0.492 e. The highest BCUT2D eigenvalue weighted by Crippen LogP contribution is 2.26. The fourth-order valence-electron chi connectivity index (χ4n) is 1.97. The fraction of sp³-hybridized carbons (Fsp3) is 0.278. The van der Waals surface area contributed by atoms with Gasteiger partial charge < -0.3 is 14.8 Å². The van der Waals surface area contributed by atoms with Crippen LogP contribution in [0.5, 0.6) is 11.5 Å². The standard InChI is InChI=1S/C18H20ClNO3/c1-4-22-16-8-6-5-7-15(16)20-17(21)18(2,3)23-14-11-9-13(19)10-12-14/h5-12H,4H2,1-3H3,(H,20,21). The summed E-state index contributed by atoms with van der Waals surface area (Å²) in [6.07, 6.45) is 0. The summed E-state index contributed by atoms with van der Waals surface area (Å²) in [4.78, 5) is 12.5. The number of ether oxygens (including phenoxy) is 2. The van der Waals surface area contributed by atoms with Crippen molar-refractivity contribution in [3.05, 3.63) is 53.6 Å². The lowest BCUT2D eigenvalue weighted by atomic mass is 10.1. The number of amides is 1. The van der Waals surface area contributed by atoms with Crippen LogP contribution in [0.25, 0.3) is 0 Å². The highest BCUT2D eigenvalue weighted by Gasteiger charge is 2.30. The molecule has 0 aliphatic heterocycles. The number of benzene rings is 2. The second-order valence-corrected chi connectivity index (χ2v) is 5.89. The van der Waals surface area contributed by atoms with E-state index in [4.69, 9.17) is 21.1 Å². The van der Waals surface area contributed by atoms with Crippen molar-refractivity contribution in [2.24, 2.45) is 0 Å². The van der Waals surface area contributed by atoms with E-state index in [1.807, 2.05) is 25.1 Å². The molecule has 0 saturated carbocycles. The van der Waals surface area contributed by atoms with Gasteiger partial charge in [-0.25, -0.2) is 0 Å². The van der Waals surface area contributed by atoms with Gasteiger partial charge >= 0.3 is 0 Å². The Hall–Kier alpha value is -2.20. The lowest BCUT2D eigenvalue weighted by molar-refractivity contribution is -0.128. The first-order chi connectivity index (χ1) is 10.9. The van der Waals surface area contributed by atoms with E-state index in [1.165, 1.54) is 0 Å². The molecular weight excluding hydrogens is 314 g/mol. The molecule has 0 fully saturated rings. The van der Waals surface area contributed by atoms with Gasteiger partial charge in [-0.1, -0.05) is 23.7 Å². The van der Waals surface area contributed by atoms with E-state index >= 15 is 0 Å². The molecule has 4 nitrogen and oxygen atoms in total. The van der Waals surface area contributed by atoms with Crippen molar-refractivity contribution >= 4 is 23.2 Å². The zero-order valence-electron chi connectivity index (χ0n) is 13.4. The van der Waals surface area contributed by atoms with Gasteiger partial charge in [0.05, 0.1) is 12.3 Å². The van der Waals surface area contributed by atoms with Crippen LogP contribution in [0.1, 0.15) is 20.8 Å². The third-order valence-corrected chi connectivity index (χ3v) is 3.42. The summed E-state index contributed by atoms with van der Waals surface area (Å²) in [5.74, 6) is 0.942. The molecule has 0 spiro atoms. The first-order valence-corrected chi connectivity index (χ1v) is 7.78. The van der Waals surface area contributed by atoms with Gasteiger partial charge in [-0.15, -0.1) is 0 Å². The third-order valence-electron chi connectivity index (χ3n) is 3.17. The van der Waals surface area contributed by atoms with E-state index in [2.05, 4.69) is 5.32 Å². The molecule has 2 aromatic rings. The fourth-order valence-corrected chi connectivity index (χ4v) is 2.09. The monoisotopic (exact) mass is 333 g/mol. The van der Waals surface area contributed by atoms with Crippen LogP contribution in [-0.2, 0) is 4.79 Å². The van der Waals surface area contributed by atoms with Gasteiger partial charge in [0.15, 0.2) is 5.60 Å². The number of carbonyl (C=O) groups is 1. The summed E-state index contributed by atoms with van der Waals surface area (Å²) in [6.45, 7) is 5.84. The van der Waals surface area contributed by atoms with Crippen molar-refractivity contribution in [2.45, 2.75) is 26.4 Å². The number of para-hydroxylation sites is 2. The van der Waals surface area contributed by atoms with Gasteiger partial charge in [0.25, 0.3) is 5.91 Å². The van der Waals surface area contributed by atoms with Crippen LogP contribution in [-0.4, -0.2) is 18.1 Å². The number of carbonyl (C=O) groups excluding carboxylic acids is 1. The maximum Gasteiger partial charge on any atom is 0.268 e. The minimum Gasteiger partial charge on any atom is -0.492 e. The number of nitrogens with one attached hydrogen (secondary N) is 1. The van der Waals surface area contributed by atoms with E-state index in [9.17, 15) is 4.79 Å². The molecule has 2 rings (SSSR count). The minimum atomic E-state index is -1.05. The molecular formula is C18H20ClNO3. The molecule has 0 aromatic heterocycles. The SMILES string of the molecule is CCOc1ccccc1NC(=O)C(C)(C)Oc1ccc(Cl)cc1. The average Bonchev–Trinajstić information content (AvgIpc) is 2.51. The Bertz CT molecular complexity index is 668. The Balaban J connectivity index is 2.11. The second kappa shape index (κ2) is 7.38. The Morgan fingerprint density at radius 1 is 1.13 bits per heavy atom. The highest BCUT2D eigenvalue weighted by atomic mass is 35.5. The molecule has 0 unspecified atom stereocenters. The Labute approximate surface area is 141 Å². The third kappa shape index (κ3) is 4.63. The van der Waals surface area contributed by atoms with Gasteiger partial charge in [0.2, 0.25) is 0 Å². The number of rotatable bonds is 6. The Morgan fingerprint density at radius 2 is 1.78 bits per heavy atom. The molecule has 1 amide bonds. The summed E-state index contributed by atoms with van der Waals surface area (Å²) in [5.41, 5.74) is -0.431. The number of anilines is 1. The predicted octanol–water partition coefficient (Wildman–Crippen LogP) is 4.53. The normalized spacial score (nSPS) is 11.0. The summed E-state index contributed by atoms with van der Waals surface area (Å²) >= 11 is 5.85. The summed E-state index contributed by atoms with van der Waals surface area (Å²) in [6, 6.07) is 14.2. The van der Waals surface area contributed by atoms with E-state index in [0.29, 0.717) is 28.8 Å². The lowest BCUT2D eigenvalue weighted by Crippen LogP contribution is -2.42. The molecule has 2 aromatic carbocycles. The van der Waals surface area contributed by atoms with Crippen LogP contribution in [0.15, 0.2) is 48.5 Å². The molecule has 0 atom stereocenters. The van der Waals surface area contributed by atoms with Gasteiger partial charge in [-0.3, -0.25) is 4.79 Å². The molecule has 23 heavy (non-hydrogen) atoms. The topological polar surface area (TPSA) is 47.6 Å². The molecule has 0 bridgehead atoms. The predicted molar refractivity (Wildman–Crippen MR) is 92.4 cm³/mol. The van der Waals surface area contributed by atoms with E-state index in [1.54, 1.807) is 44.2 Å². The van der Waals surface area contributed by atoms with Crippen LogP contribution >= 0.6 is 11.6 Å². The smallest absolute Gasteiger partial charge is 0.268 e. The maximum absolute atomic E-state index is 12.5. The summed E-state index contributed by atoms with van der Waals surface area (Å²) in [7, 11) is 0. The summed E-state index contributed by atoms with van der Waals surface area (Å²) in [5, 5.41) is 3.47. The first-order valence-electron chi connectivity index (χ1n) is 7.40. The Morgan fingerprint density at radius 3 is 2.43 bits per heavy atom. The van der Waals surface area contributed by atoms with Crippen molar-refractivity contribution in [1.82, 2.24) is 0 Å². The quantitative estimate of drug-likeness (QED) is 0.844. The molecule has 0 heterocycles. The molecule has 0 saturated heterocycles. The lowest BCUT2D eigenvalue weighted by Gasteiger charge is -2.25. The van der Waals surface area contributed by atoms with Gasteiger partial charge in [-0.05, 0) is 57.2 Å². The summed E-state index contributed by atoms with van der Waals surface area (Å²) < 4.78 is 11.3. The first kappa shape index (κ1) is 17.2. The molecule has 0 radical (unpaired) electrons. The molecule has 0 aliphatic carbocycles. The van der Waals surface area contributed by atoms with E-state index < -0.39 is 5.60 Å². The van der Waals surface area contributed by atoms with Crippen molar-refractivity contribution in [1.29, 1.82) is 0 Å². The van der Waals surface area contributed by atoms with Crippen molar-refractivity contribution in [2.75, 3.05) is 11.9 Å². The molecule has 1 N–H and O–H groups in total. The maximum atomic E-state index is 12.5. The van der Waals surface area contributed by atoms with Gasteiger partial charge in [0.1, 0.15) is 11.5 Å². The van der Waals surface area contributed by atoms with E-state index in [-0.39, 0.29) is 5.91 Å². The molecule has 5 heteroatoms. The van der Waals surface area contributed by atoms with Crippen LogP contribution < -0.4 is 14.8 Å². The van der Waals surface area contributed by atoms with Crippen LogP contribution in [0.2, 0.25) is 5.02 Å². The van der Waals surface area contributed by atoms with Crippen LogP contribution in [0.4, 0.5) is 5.69 Å². The minimum absolute atomic E-state index is 0.264. The zero-order chi connectivity index (χ0) is 16.9. The van der Waals surface area contributed by atoms with E-state index in [0.717, 1.165) is 0 Å². The van der Waals surface area contributed by atoms with Crippen molar-refractivity contribution in [3.8, 4) is 11.5 Å². The van der Waals surface area contributed by atoms with Gasteiger partial charge in [0, 0.05) is 5.02 Å².